The third-order valence-electron chi connectivity index (χ3n) is 3.77. The fourth-order valence-electron chi connectivity index (χ4n) is 2.37. The molecule has 0 heterocycles. The highest BCUT2D eigenvalue weighted by Gasteiger charge is 1.95. The summed E-state index contributed by atoms with van der Waals surface area (Å²) in [6.45, 7) is 4.30. The number of hydrogen-bond donors (Lipinski definition) is 0. The Morgan fingerprint density at radius 2 is 1.25 bits per heavy atom. The van der Waals surface area contributed by atoms with E-state index < -0.39 is 0 Å². The van der Waals surface area contributed by atoms with Gasteiger partial charge in [0.05, 0.1) is 0 Å². The summed E-state index contributed by atoms with van der Waals surface area (Å²) in [6, 6.07) is 21.6. The number of rotatable bonds is 2. The number of aryl methyl sites for hydroxylation is 2. The van der Waals surface area contributed by atoms with Crippen molar-refractivity contribution in [1.29, 1.82) is 0 Å². The van der Waals surface area contributed by atoms with Crippen LogP contribution in [0.4, 0.5) is 0 Å². The normalized spacial score (nSPS) is 11.3. The molecule has 0 bridgehead atoms. The van der Waals surface area contributed by atoms with Crippen molar-refractivity contribution in [2.75, 3.05) is 0 Å². The highest BCUT2D eigenvalue weighted by molar-refractivity contribution is 5.86. The molecule has 0 aromatic heterocycles. The number of hydrogen-bond acceptors (Lipinski definition) is 0. The maximum absolute atomic E-state index is 2.23. The van der Waals surface area contributed by atoms with Crippen molar-refractivity contribution < 1.29 is 0 Å². The second-order valence-electron chi connectivity index (χ2n) is 5.28. The zero-order valence-corrected chi connectivity index (χ0v) is 11.9. The lowest BCUT2D eigenvalue weighted by atomic mass is 10.0. The van der Waals surface area contributed by atoms with Crippen LogP contribution in [0, 0.1) is 13.8 Å². The van der Waals surface area contributed by atoms with Crippen LogP contribution in [0.1, 0.15) is 22.3 Å². The summed E-state index contributed by atoms with van der Waals surface area (Å²) in [5.41, 5.74) is 5.17. The van der Waals surface area contributed by atoms with Crippen LogP contribution >= 0.6 is 0 Å². The van der Waals surface area contributed by atoms with Crippen molar-refractivity contribution >= 4 is 22.9 Å². The van der Waals surface area contributed by atoms with Gasteiger partial charge in [-0.25, -0.2) is 0 Å². The second kappa shape index (κ2) is 5.34. The monoisotopic (exact) mass is 258 g/mol. The van der Waals surface area contributed by atoms with Crippen molar-refractivity contribution in [2.24, 2.45) is 0 Å². The minimum atomic E-state index is 1.24. The fraction of sp³-hybridized carbons (Fsp3) is 0.100. The summed E-state index contributed by atoms with van der Waals surface area (Å²) < 4.78 is 0. The van der Waals surface area contributed by atoms with Gasteiger partial charge in [-0.3, -0.25) is 0 Å². The third kappa shape index (κ3) is 2.65. The Bertz CT molecular complexity index is 779. The van der Waals surface area contributed by atoms with Crippen molar-refractivity contribution in [2.45, 2.75) is 13.8 Å². The summed E-state index contributed by atoms with van der Waals surface area (Å²) in [5, 5.41) is 2.57. The molecule has 0 amide bonds. The molecule has 0 heteroatoms. The zero-order chi connectivity index (χ0) is 13.9. The molecule has 0 fully saturated rings. The minimum absolute atomic E-state index is 1.24. The van der Waals surface area contributed by atoms with E-state index in [2.05, 4.69) is 86.7 Å². The Morgan fingerprint density at radius 1 is 0.600 bits per heavy atom. The van der Waals surface area contributed by atoms with E-state index in [1.54, 1.807) is 0 Å². The van der Waals surface area contributed by atoms with Gasteiger partial charge in [0.1, 0.15) is 0 Å². The Hall–Kier alpha value is -2.34. The van der Waals surface area contributed by atoms with Crippen LogP contribution in [0.15, 0.2) is 60.7 Å². The predicted octanol–water partition coefficient (Wildman–Crippen LogP) is 5.63. The number of fused-ring (bicyclic) bond motifs is 1. The lowest BCUT2D eigenvalue weighted by Gasteiger charge is -2.02. The summed E-state index contributed by atoms with van der Waals surface area (Å²) in [5.74, 6) is 0. The van der Waals surface area contributed by atoms with E-state index in [0.717, 1.165) is 0 Å². The number of benzene rings is 3. The Balaban J connectivity index is 1.91. The Kier molecular flexibility index (Phi) is 3.39. The molecule has 0 atom stereocenters. The third-order valence-corrected chi connectivity index (χ3v) is 3.77. The van der Waals surface area contributed by atoms with Crippen molar-refractivity contribution in [3.8, 4) is 0 Å². The topological polar surface area (TPSA) is 0 Å². The highest BCUT2D eigenvalue weighted by atomic mass is 14.0. The minimum Gasteiger partial charge on any atom is -0.0616 e. The van der Waals surface area contributed by atoms with Crippen LogP contribution in [-0.2, 0) is 0 Å². The van der Waals surface area contributed by atoms with Gasteiger partial charge in [0.25, 0.3) is 0 Å². The molecule has 0 N–H and O–H groups in total. The van der Waals surface area contributed by atoms with E-state index >= 15 is 0 Å². The quantitative estimate of drug-likeness (QED) is 0.523. The molecule has 0 radical (unpaired) electrons. The van der Waals surface area contributed by atoms with Crippen LogP contribution in [0.25, 0.3) is 22.9 Å². The first-order valence-electron chi connectivity index (χ1n) is 6.96. The molecule has 20 heavy (non-hydrogen) atoms. The van der Waals surface area contributed by atoms with E-state index in [1.807, 2.05) is 0 Å². The maximum Gasteiger partial charge on any atom is -0.0178 e. The summed E-state index contributed by atoms with van der Waals surface area (Å²) in [6.07, 6.45) is 4.35. The molecule has 3 aromatic carbocycles. The molecule has 3 aromatic rings. The summed E-state index contributed by atoms with van der Waals surface area (Å²) in [4.78, 5) is 0. The molecule has 0 aliphatic carbocycles. The van der Waals surface area contributed by atoms with Gasteiger partial charge in [0.2, 0.25) is 0 Å². The largest absolute Gasteiger partial charge is 0.0616 e. The van der Waals surface area contributed by atoms with Gasteiger partial charge in [-0.05, 0) is 52.9 Å². The molecule has 0 saturated heterocycles. The SMILES string of the molecule is Cc1ccc(C=Cc2ccc3ccccc3c2)cc1C. The predicted molar refractivity (Wildman–Crippen MR) is 88.8 cm³/mol. The van der Waals surface area contributed by atoms with Gasteiger partial charge in [-0.2, -0.15) is 0 Å². The molecule has 0 saturated carbocycles. The summed E-state index contributed by atoms with van der Waals surface area (Å²) in [7, 11) is 0. The van der Waals surface area contributed by atoms with Crippen LogP contribution < -0.4 is 0 Å². The van der Waals surface area contributed by atoms with Crippen LogP contribution in [-0.4, -0.2) is 0 Å². The zero-order valence-electron chi connectivity index (χ0n) is 11.9. The molecule has 98 valence electrons. The maximum atomic E-state index is 2.23. The van der Waals surface area contributed by atoms with E-state index in [9.17, 15) is 0 Å². The van der Waals surface area contributed by atoms with Gasteiger partial charge in [0.15, 0.2) is 0 Å². The first-order valence-corrected chi connectivity index (χ1v) is 6.96. The molecular weight excluding hydrogens is 240 g/mol. The highest BCUT2D eigenvalue weighted by Crippen LogP contribution is 2.18. The average molecular weight is 258 g/mol. The van der Waals surface area contributed by atoms with Crippen LogP contribution in [0.5, 0.6) is 0 Å². The Morgan fingerprint density at radius 3 is 2.00 bits per heavy atom. The molecule has 0 aliphatic heterocycles. The fourth-order valence-corrected chi connectivity index (χ4v) is 2.37. The molecule has 0 aliphatic rings. The lowest BCUT2D eigenvalue weighted by molar-refractivity contribution is 1.33. The average Bonchev–Trinajstić information content (AvgIpc) is 2.48. The Labute approximate surface area is 120 Å². The first-order chi connectivity index (χ1) is 9.72. The molecule has 0 unspecified atom stereocenters. The van der Waals surface area contributed by atoms with Gasteiger partial charge >= 0.3 is 0 Å². The smallest absolute Gasteiger partial charge is 0.0178 e. The van der Waals surface area contributed by atoms with Gasteiger partial charge < -0.3 is 0 Å². The van der Waals surface area contributed by atoms with E-state index in [4.69, 9.17) is 0 Å². The van der Waals surface area contributed by atoms with Gasteiger partial charge in [-0.1, -0.05) is 66.7 Å². The summed E-state index contributed by atoms with van der Waals surface area (Å²) >= 11 is 0. The molecule has 3 rings (SSSR count). The van der Waals surface area contributed by atoms with E-state index in [1.165, 1.54) is 33.0 Å². The molecule has 0 spiro atoms. The standard InChI is InChI=1S/C20H18/c1-15-7-8-17(13-16(15)2)9-10-18-11-12-19-5-3-4-6-20(19)14-18/h3-14H,1-2H3. The van der Waals surface area contributed by atoms with Crippen molar-refractivity contribution in [3.05, 3.63) is 82.9 Å². The second-order valence-corrected chi connectivity index (χ2v) is 5.28. The first kappa shape index (κ1) is 12.7. The van der Waals surface area contributed by atoms with Crippen LogP contribution in [0.3, 0.4) is 0 Å². The van der Waals surface area contributed by atoms with Gasteiger partial charge in [-0.15, -0.1) is 0 Å². The molecule has 0 nitrogen and oxygen atoms in total. The van der Waals surface area contributed by atoms with Crippen molar-refractivity contribution in [1.82, 2.24) is 0 Å². The van der Waals surface area contributed by atoms with Gasteiger partial charge in [0, 0.05) is 0 Å². The van der Waals surface area contributed by atoms with Crippen LogP contribution in [0.2, 0.25) is 0 Å². The molecular formula is C20H18. The van der Waals surface area contributed by atoms with Crippen molar-refractivity contribution in [3.63, 3.8) is 0 Å². The van der Waals surface area contributed by atoms with E-state index in [-0.39, 0.29) is 0 Å². The van der Waals surface area contributed by atoms with E-state index in [0.29, 0.717) is 0 Å². The lowest BCUT2D eigenvalue weighted by Crippen LogP contribution is -1.81.